The zero-order valence-electron chi connectivity index (χ0n) is 23.7. The van der Waals surface area contributed by atoms with Crippen LogP contribution in [-0.2, 0) is 0 Å². The minimum absolute atomic E-state index is 0.126. The normalized spacial score (nSPS) is 12.7. The number of thiophene rings is 1. The molecule has 1 aliphatic heterocycles. The highest BCUT2D eigenvalue weighted by atomic mass is 32.1. The Labute approximate surface area is 246 Å². The van der Waals surface area contributed by atoms with Crippen LogP contribution >= 0.6 is 11.3 Å². The fourth-order valence-corrected chi connectivity index (χ4v) is 5.66. The van der Waals surface area contributed by atoms with Crippen LogP contribution in [0, 0.1) is 34.0 Å². The Hall–Kier alpha value is -4.45. The monoisotopic (exact) mass is 565 g/mol. The Morgan fingerprint density at radius 1 is 0.829 bits per heavy atom. The number of hydrogen-bond acceptors (Lipinski definition) is 7. The molecule has 2 heterocycles. The van der Waals surface area contributed by atoms with E-state index in [0.717, 1.165) is 35.7 Å². The van der Waals surface area contributed by atoms with Crippen molar-refractivity contribution in [3.8, 4) is 18.2 Å². The average molecular weight is 566 g/mol. The quantitative estimate of drug-likeness (QED) is 0.0943. The van der Waals surface area contributed by atoms with Crippen molar-refractivity contribution in [1.29, 1.82) is 15.8 Å². The number of rotatable bonds is 15. The summed E-state index contributed by atoms with van der Waals surface area (Å²) in [5.74, 6) is -1.34. The van der Waals surface area contributed by atoms with Crippen molar-refractivity contribution in [3.05, 3.63) is 81.4 Å². The van der Waals surface area contributed by atoms with E-state index in [0.29, 0.717) is 0 Å². The lowest BCUT2D eigenvalue weighted by Gasteiger charge is -2.23. The summed E-state index contributed by atoms with van der Waals surface area (Å²) in [6.07, 6.45) is 14.6. The maximum atomic E-state index is 13.1. The molecule has 2 amide bonds. The number of carbonyl (C=O) groups is 2. The average Bonchev–Trinajstić information content (AvgIpc) is 3.56. The summed E-state index contributed by atoms with van der Waals surface area (Å²) < 4.78 is 0. The van der Waals surface area contributed by atoms with E-state index in [4.69, 9.17) is 0 Å². The predicted molar refractivity (Wildman–Crippen MR) is 163 cm³/mol. The summed E-state index contributed by atoms with van der Waals surface area (Å²) in [4.78, 5) is 30.4. The van der Waals surface area contributed by atoms with Gasteiger partial charge in [-0.25, -0.2) is 4.90 Å². The molecule has 1 aromatic heterocycles. The van der Waals surface area contributed by atoms with E-state index < -0.39 is 17.4 Å². The number of fused-ring (bicyclic) bond motifs is 1. The number of anilines is 1. The molecule has 0 unspecified atom stereocenters. The molecule has 0 bridgehead atoms. The smallest absolute Gasteiger partial charge is 0.266 e. The number of allylic oxidation sites excluding steroid dienone is 4. The van der Waals surface area contributed by atoms with Gasteiger partial charge < -0.3 is 4.90 Å². The second-order valence-corrected chi connectivity index (χ2v) is 10.9. The fourth-order valence-electron chi connectivity index (χ4n) is 4.69. The van der Waals surface area contributed by atoms with Crippen LogP contribution in [0.4, 0.5) is 5.00 Å². The van der Waals surface area contributed by atoms with Gasteiger partial charge in [0.2, 0.25) is 0 Å². The zero-order chi connectivity index (χ0) is 29.6. The van der Waals surface area contributed by atoms with Gasteiger partial charge in [0, 0.05) is 18.0 Å². The van der Waals surface area contributed by atoms with E-state index in [1.807, 2.05) is 18.2 Å². The highest BCUT2D eigenvalue weighted by Crippen LogP contribution is 2.32. The molecule has 41 heavy (non-hydrogen) atoms. The Bertz CT molecular complexity index is 1400. The molecule has 7 nitrogen and oxygen atoms in total. The van der Waals surface area contributed by atoms with Gasteiger partial charge in [-0.1, -0.05) is 70.6 Å². The van der Waals surface area contributed by atoms with Gasteiger partial charge in [0.1, 0.15) is 18.2 Å². The molecule has 3 rings (SSSR count). The third-order valence-corrected chi connectivity index (χ3v) is 7.98. The SMILES string of the molecule is CCCCCCN(CCCCCC)c1ccc(/C=C/C=C(\C#N)C(=C(C#N)C#N)N2C(=O)c3ccccc3C2=O)s1. The van der Waals surface area contributed by atoms with Crippen molar-refractivity contribution >= 4 is 34.2 Å². The van der Waals surface area contributed by atoms with Gasteiger partial charge in [-0.2, -0.15) is 15.8 Å². The van der Waals surface area contributed by atoms with Gasteiger partial charge in [-0.15, -0.1) is 11.3 Å². The number of carbonyl (C=O) groups excluding carboxylic acids is 2. The van der Waals surface area contributed by atoms with Crippen molar-refractivity contribution in [1.82, 2.24) is 4.90 Å². The Morgan fingerprint density at radius 3 is 1.93 bits per heavy atom. The van der Waals surface area contributed by atoms with Gasteiger partial charge >= 0.3 is 0 Å². The van der Waals surface area contributed by atoms with Gasteiger partial charge in [0.05, 0.1) is 27.4 Å². The Morgan fingerprint density at radius 2 is 1.41 bits per heavy atom. The highest BCUT2D eigenvalue weighted by Gasteiger charge is 2.40. The van der Waals surface area contributed by atoms with Crippen LogP contribution in [0.5, 0.6) is 0 Å². The number of benzene rings is 1. The largest absolute Gasteiger partial charge is 0.363 e. The maximum absolute atomic E-state index is 13.1. The van der Waals surface area contributed by atoms with Crippen LogP contribution in [-0.4, -0.2) is 29.8 Å². The molecule has 0 N–H and O–H groups in total. The summed E-state index contributed by atoms with van der Waals surface area (Å²) in [5, 5.41) is 30.3. The summed E-state index contributed by atoms with van der Waals surface area (Å²) in [7, 11) is 0. The molecule has 0 saturated carbocycles. The van der Waals surface area contributed by atoms with E-state index in [2.05, 4.69) is 24.8 Å². The minimum Gasteiger partial charge on any atom is -0.363 e. The summed E-state index contributed by atoms with van der Waals surface area (Å²) in [5.41, 5.74) is -0.582. The third kappa shape index (κ3) is 7.82. The molecule has 1 aromatic carbocycles. The van der Waals surface area contributed by atoms with Crippen LogP contribution in [0.15, 0.2) is 65.4 Å². The van der Waals surface area contributed by atoms with Gasteiger partial charge in [0.25, 0.3) is 11.8 Å². The first-order valence-electron chi connectivity index (χ1n) is 14.2. The number of nitrogens with zero attached hydrogens (tertiary/aromatic N) is 5. The third-order valence-electron chi connectivity index (χ3n) is 6.86. The van der Waals surface area contributed by atoms with E-state index in [1.54, 1.807) is 41.7 Å². The molecular formula is C33H35N5O2S. The molecule has 0 saturated heterocycles. The van der Waals surface area contributed by atoms with Crippen molar-refractivity contribution in [2.45, 2.75) is 65.2 Å². The van der Waals surface area contributed by atoms with Crippen molar-refractivity contribution < 1.29 is 9.59 Å². The lowest BCUT2D eigenvalue weighted by molar-refractivity contribution is 0.0707. The van der Waals surface area contributed by atoms with Gasteiger partial charge in [0.15, 0.2) is 5.57 Å². The second kappa shape index (κ2) is 16.0. The van der Waals surface area contributed by atoms with Gasteiger partial charge in [-0.05, 0) is 49.3 Å². The number of amides is 2. The zero-order valence-corrected chi connectivity index (χ0v) is 24.5. The van der Waals surface area contributed by atoms with Crippen molar-refractivity contribution in [2.75, 3.05) is 18.0 Å². The molecule has 0 fully saturated rings. The van der Waals surface area contributed by atoms with E-state index in [9.17, 15) is 25.4 Å². The molecule has 1 aliphatic rings. The van der Waals surface area contributed by atoms with Crippen molar-refractivity contribution in [2.24, 2.45) is 0 Å². The first kappa shape index (κ1) is 31.1. The number of hydrogen-bond donors (Lipinski definition) is 0. The first-order valence-corrected chi connectivity index (χ1v) is 15.0. The topological polar surface area (TPSA) is 112 Å². The molecular weight excluding hydrogens is 530 g/mol. The molecule has 0 atom stereocenters. The Balaban J connectivity index is 1.85. The standard InChI is InChI=1S/C33H35N5O2S/c1-3-5-7-11-20-37(21-12-8-6-4-2)30-19-18-27(41-30)15-13-14-25(22-34)31(26(23-35)24-36)38-32(39)28-16-9-10-17-29(28)33(38)40/h9-10,13-19H,3-8,11-12,20-21H2,1-2H3/b15-13+,25-14+. The van der Waals surface area contributed by atoms with Crippen LogP contribution in [0.2, 0.25) is 0 Å². The van der Waals surface area contributed by atoms with Gasteiger partial charge in [-0.3, -0.25) is 9.59 Å². The van der Waals surface area contributed by atoms with Crippen molar-refractivity contribution in [3.63, 3.8) is 0 Å². The Kier molecular flexibility index (Phi) is 12.1. The second-order valence-electron chi connectivity index (χ2n) is 9.77. The van der Waals surface area contributed by atoms with Crippen LogP contribution < -0.4 is 4.90 Å². The van der Waals surface area contributed by atoms with Crippen LogP contribution in [0.1, 0.15) is 90.8 Å². The lowest BCUT2D eigenvalue weighted by atomic mass is 10.1. The molecule has 210 valence electrons. The molecule has 8 heteroatoms. The molecule has 0 aliphatic carbocycles. The van der Waals surface area contributed by atoms with E-state index in [-0.39, 0.29) is 22.4 Å². The number of imide groups is 1. The minimum atomic E-state index is -0.672. The number of nitriles is 3. The maximum Gasteiger partial charge on any atom is 0.266 e. The predicted octanol–water partition coefficient (Wildman–Crippen LogP) is 7.78. The summed E-state index contributed by atoms with van der Waals surface area (Å²) >= 11 is 1.66. The lowest BCUT2D eigenvalue weighted by Crippen LogP contribution is -2.30. The number of unbranched alkanes of at least 4 members (excludes halogenated alkanes) is 6. The van der Waals surface area contributed by atoms with E-state index in [1.165, 1.54) is 61.7 Å². The highest BCUT2D eigenvalue weighted by molar-refractivity contribution is 7.16. The first-order chi connectivity index (χ1) is 20.0. The van der Waals surface area contributed by atoms with Crippen LogP contribution in [0.3, 0.4) is 0 Å². The van der Waals surface area contributed by atoms with Crippen LogP contribution in [0.25, 0.3) is 6.08 Å². The fraction of sp³-hybridized carbons (Fsp3) is 0.364. The molecule has 0 radical (unpaired) electrons. The molecule has 2 aromatic rings. The summed E-state index contributed by atoms with van der Waals surface area (Å²) in [6.45, 7) is 6.47. The molecule has 0 spiro atoms. The van der Waals surface area contributed by atoms with E-state index >= 15 is 0 Å². The summed E-state index contributed by atoms with van der Waals surface area (Å²) in [6, 6.07) is 15.9.